The number of nitro groups is 1. The van der Waals surface area contributed by atoms with E-state index in [-0.39, 0.29) is 10.1 Å². The average Bonchev–Trinajstić information content (AvgIpc) is 2.61. The first-order valence-corrected chi connectivity index (χ1v) is 5.38. The number of aryl methyl sites for hydroxylation is 1. The normalized spacial score (nSPS) is 10.3. The van der Waals surface area contributed by atoms with E-state index >= 15 is 0 Å². The van der Waals surface area contributed by atoms with Crippen molar-refractivity contribution in [1.82, 2.24) is 4.98 Å². The number of aromatic nitrogens is 1. The van der Waals surface area contributed by atoms with Gasteiger partial charge in [0.1, 0.15) is 0 Å². The van der Waals surface area contributed by atoms with Gasteiger partial charge in [-0.05, 0) is 23.8 Å². The van der Waals surface area contributed by atoms with Gasteiger partial charge in [0.25, 0.3) is 0 Å². The lowest BCUT2D eigenvalue weighted by Crippen LogP contribution is -1.90. The van der Waals surface area contributed by atoms with Crippen LogP contribution in [0.25, 0.3) is 11.3 Å². The number of hydrogen-bond acceptors (Lipinski definition) is 5. The molecule has 0 atom stereocenters. The molecule has 0 radical (unpaired) electrons. The number of nitrogens with two attached hydrogens (primary N) is 1. The van der Waals surface area contributed by atoms with Crippen LogP contribution in [-0.4, -0.2) is 9.91 Å². The molecule has 16 heavy (non-hydrogen) atoms. The number of nitrogen functional groups attached to an aromatic ring is 1. The van der Waals surface area contributed by atoms with Gasteiger partial charge in [0.15, 0.2) is 10.8 Å². The Hall–Kier alpha value is -1.95. The lowest BCUT2D eigenvalue weighted by molar-refractivity contribution is -0.379. The lowest BCUT2D eigenvalue weighted by atomic mass is 10.1. The van der Waals surface area contributed by atoms with Crippen molar-refractivity contribution >= 4 is 21.5 Å². The third kappa shape index (κ3) is 1.74. The molecule has 82 valence electrons. The predicted octanol–water partition coefficient (Wildman–Crippen LogP) is 2.61. The Morgan fingerprint density at radius 2 is 2.12 bits per heavy atom. The van der Waals surface area contributed by atoms with E-state index in [9.17, 15) is 10.1 Å². The minimum atomic E-state index is -0.449. The van der Waals surface area contributed by atoms with Crippen LogP contribution in [0.15, 0.2) is 24.3 Å². The summed E-state index contributed by atoms with van der Waals surface area (Å²) in [5.74, 6) is 0. The van der Waals surface area contributed by atoms with Gasteiger partial charge in [0.05, 0.1) is 4.92 Å². The van der Waals surface area contributed by atoms with Gasteiger partial charge in [-0.3, -0.25) is 10.1 Å². The monoisotopic (exact) mass is 235 g/mol. The highest BCUT2D eigenvalue weighted by molar-refractivity contribution is 7.19. The largest absolute Gasteiger partial charge is 0.375 e. The first kappa shape index (κ1) is 10.6. The summed E-state index contributed by atoms with van der Waals surface area (Å²) in [6.45, 7) is 1.88. The second kappa shape index (κ2) is 3.90. The summed E-state index contributed by atoms with van der Waals surface area (Å²) >= 11 is 0.894. The van der Waals surface area contributed by atoms with E-state index in [1.165, 1.54) is 0 Å². The predicted molar refractivity (Wildman–Crippen MR) is 63.4 cm³/mol. The van der Waals surface area contributed by atoms with E-state index in [4.69, 9.17) is 5.73 Å². The molecular weight excluding hydrogens is 226 g/mol. The molecule has 1 aromatic carbocycles. The van der Waals surface area contributed by atoms with E-state index in [1.807, 2.05) is 25.1 Å². The molecule has 0 saturated carbocycles. The Kier molecular flexibility index (Phi) is 2.57. The van der Waals surface area contributed by atoms with Crippen LogP contribution in [0.3, 0.4) is 0 Å². The Morgan fingerprint density at radius 1 is 1.44 bits per heavy atom. The molecule has 6 heteroatoms. The number of thiazole rings is 1. The van der Waals surface area contributed by atoms with Crippen LogP contribution < -0.4 is 5.73 Å². The maximum absolute atomic E-state index is 10.8. The highest BCUT2D eigenvalue weighted by Gasteiger charge is 2.22. The average molecular weight is 235 g/mol. The van der Waals surface area contributed by atoms with E-state index in [1.54, 1.807) is 6.07 Å². The van der Waals surface area contributed by atoms with Crippen LogP contribution in [0.2, 0.25) is 0 Å². The highest BCUT2D eigenvalue weighted by Crippen LogP contribution is 2.37. The molecule has 0 aliphatic heterocycles. The first-order valence-electron chi connectivity index (χ1n) is 4.56. The molecule has 2 rings (SSSR count). The molecule has 2 aromatic rings. The van der Waals surface area contributed by atoms with Gasteiger partial charge < -0.3 is 5.73 Å². The molecule has 0 saturated heterocycles. The molecule has 2 N–H and O–H groups in total. The van der Waals surface area contributed by atoms with Crippen LogP contribution >= 0.6 is 11.3 Å². The summed E-state index contributed by atoms with van der Waals surface area (Å²) in [5, 5.41) is 11.0. The van der Waals surface area contributed by atoms with Crippen molar-refractivity contribution < 1.29 is 4.92 Å². The molecule has 0 amide bonds. The maximum atomic E-state index is 10.8. The topological polar surface area (TPSA) is 82.0 Å². The molecular formula is C10H9N3O2S. The van der Waals surface area contributed by atoms with Crippen molar-refractivity contribution in [2.75, 3.05) is 5.73 Å². The van der Waals surface area contributed by atoms with Gasteiger partial charge in [-0.25, -0.2) is 4.98 Å². The van der Waals surface area contributed by atoms with Crippen molar-refractivity contribution in [1.29, 1.82) is 0 Å². The standard InChI is InChI=1S/C10H9N3O2S/c1-6-4-2-3-5-7(6)8-9(13(14)15)16-10(11)12-8/h2-5H,1H3,(H2,11,12). The third-order valence-corrected chi connectivity index (χ3v) is 3.03. The first-order chi connectivity index (χ1) is 7.59. The Labute approximate surface area is 95.7 Å². The number of hydrogen-bond donors (Lipinski definition) is 1. The molecule has 0 bridgehead atoms. The van der Waals surface area contributed by atoms with Gasteiger partial charge in [0.2, 0.25) is 0 Å². The van der Waals surface area contributed by atoms with E-state index < -0.39 is 4.92 Å². The molecule has 1 aromatic heterocycles. The summed E-state index contributed by atoms with van der Waals surface area (Å²) in [6, 6.07) is 7.38. The van der Waals surface area contributed by atoms with Crippen molar-refractivity contribution in [3.63, 3.8) is 0 Å². The van der Waals surface area contributed by atoms with Crippen molar-refractivity contribution in [3.05, 3.63) is 39.9 Å². The smallest absolute Gasteiger partial charge is 0.353 e. The molecule has 0 aliphatic carbocycles. The van der Waals surface area contributed by atoms with Gasteiger partial charge in [-0.2, -0.15) is 0 Å². The number of rotatable bonds is 2. The van der Waals surface area contributed by atoms with Crippen LogP contribution in [0.5, 0.6) is 0 Å². The SMILES string of the molecule is Cc1ccccc1-c1nc(N)sc1[N+](=O)[O-]. The van der Waals surface area contributed by atoms with Gasteiger partial charge in [-0.1, -0.05) is 24.3 Å². The van der Waals surface area contributed by atoms with Gasteiger partial charge >= 0.3 is 5.00 Å². The number of benzene rings is 1. The van der Waals surface area contributed by atoms with Gasteiger partial charge in [0, 0.05) is 5.56 Å². The van der Waals surface area contributed by atoms with Crippen molar-refractivity contribution in [2.24, 2.45) is 0 Å². The summed E-state index contributed by atoms with van der Waals surface area (Å²) in [5.41, 5.74) is 7.55. The number of anilines is 1. The van der Waals surface area contributed by atoms with E-state index in [2.05, 4.69) is 4.98 Å². The molecule has 0 unspecified atom stereocenters. The minimum Gasteiger partial charge on any atom is -0.375 e. The molecule has 0 aliphatic rings. The van der Waals surface area contributed by atoms with Crippen LogP contribution in [-0.2, 0) is 0 Å². The summed E-state index contributed by atoms with van der Waals surface area (Å²) < 4.78 is 0. The number of nitrogens with zero attached hydrogens (tertiary/aromatic N) is 2. The summed E-state index contributed by atoms with van der Waals surface area (Å²) in [4.78, 5) is 14.4. The van der Waals surface area contributed by atoms with Crippen molar-refractivity contribution in [2.45, 2.75) is 6.92 Å². The molecule has 0 spiro atoms. The lowest BCUT2D eigenvalue weighted by Gasteiger charge is -2.00. The third-order valence-electron chi connectivity index (χ3n) is 2.19. The van der Waals surface area contributed by atoms with Gasteiger partial charge in [-0.15, -0.1) is 0 Å². The molecule has 1 heterocycles. The zero-order valence-corrected chi connectivity index (χ0v) is 9.32. The fourth-order valence-corrected chi connectivity index (χ4v) is 2.13. The fraction of sp³-hybridized carbons (Fsp3) is 0.100. The molecule has 5 nitrogen and oxygen atoms in total. The second-order valence-electron chi connectivity index (χ2n) is 3.28. The van der Waals surface area contributed by atoms with Crippen molar-refractivity contribution in [3.8, 4) is 11.3 Å². The zero-order chi connectivity index (χ0) is 11.7. The fourth-order valence-electron chi connectivity index (χ4n) is 1.47. The van der Waals surface area contributed by atoms with Crippen LogP contribution in [0, 0.1) is 17.0 Å². The summed E-state index contributed by atoms with van der Waals surface area (Å²) in [6.07, 6.45) is 0. The maximum Gasteiger partial charge on any atom is 0.353 e. The Morgan fingerprint density at radius 3 is 2.75 bits per heavy atom. The summed E-state index contributed by atoms with van der Waals surface area (Å²) in [7, 11) is 0. The van der Waals surface area contributed by atoms with Crippen LogP contribution in [0.4, 0.5) is 10.1 Å². The Balaban J connectivity index is 2.64. The van der Waals surface area contributed by atoms with E-state index in [0.717, 1.165) is 22.5 Å². The van der Waals surface area contributed by atoms with E-state index in [0.29, 0.717) is 5.69 Å². The van der Waals surface area contributed by atoms with Crippen LogP contribution in [0.1, 0.15) is 5.56 Å². The minimum absolute atomic E-state index is 0.00759. The Bertz CT molecular complexity index is 551. The zero-order valence-electron chi connectivity index (χ0n) is 8.51. The second-order valence-corrected chi connectivity index (χ2v) is 4.29. The highest BCUT2D eigenvalue weighted by atomic mass is 32.1. The molecule has 0 fully saturated rings. The quantitative estimate of drug-likeness (QED) is 0.640.